The molecule has 1 aromatic carbocycles. The van der Waals surface area contributed by atoms with E-state index < -0.39 is 0 Å². The molecule has 2 aromatic heterocycles. The third-order valence-electron chi connectivity index (χ3n) is 3.38. The Morgan fingerprint density at radius 1 is 1.30 bits per heavy atom. The fourth-order valence-corrected chi connectivity index (χ4v) is 2.28. The maximum atomic E-state index is 13.1. The van der Waals surface area contributed by atoms with Crippen LogP contribution in [0.3, 0.4) is 0 Å². The number of nitrogens with zero attached hydrogens (tertiary/aromatic N) is 2. The summed E-state index contributed by atoms with van der Waals surface area (Å²) in [6.45, 7) is 1.81. The molecular weight excluding hydrogens is 255 g/mol. The Hall–Kier alpha value is -2.49. The monoisotopic (exact) mass is 268 g/mol. The van der Waals surface area contributed by atoms with Crippen LogP contribution in [-0.2, 0) is 6.42 Å². The number of aryl methyl sites for hydroxylation is 1. The maximum absolute atomic E-state index is 13.1. The predicted octanol–water partition coefficient (Wildman–Crippen LogP) is 3.21. The molecule has 0 bridgehead atoms. The van der Waals surface area contributed by atoms with Crippen molar-refractivity contribution in [1.82, 2.24) is 9.61 Å². The minimum atomic E-state index is -0.283. The molecule has 2 heterocycles. The number of aromatic nitrogens is 2. The number of hydrogen-bond acceptors (Lipinski definition) is 2. The summed E-state index contributed by atoms with van der Waals surface area (Å²) in [7, 11) is 0. The second-order valence-corrected chi connectivity index (χ2v) is 4.76. The van der Waals surface area contributed by atoms with Crippen molar-refractivity contribution in [3.05, 3.63) is 71.3 Å². The zero-order chi connectivity index (χ0) is 14.1. The summed E-state index contributed by atoms with van der Waals surface area (Å²) in [5, 5.41) is 4.15. The minimum Gasteiger partial charge on any atom is -0.294 e. The van der Waals surface area contributed by atoms with E-state index in [1.54, 1.807) is 23.0 Å². The molecule has 20 heavy (non-hydrogen) atoms. The zero-order valence-electron chi connectivity index (χ0n) is 11.0. The normalized spacial score (nSPS) is 10.9. The van der Waals surface area contributed by atoms with Crippen LogP contribution in [0.2, 0.25) is 0 Å². The third kappa shape index (κ3) is 2.20. The highest BCUT2D eigenvalue weighted by atomic mass is 19.1. The lowest BCUT2D eigenvalue weighted by atomic mass is 10.00. The van der Waals surface area contributed by atoms with Gasteiger partial charge in [0.15, 0.2) is 5.78 Å². The molecule has 4 heteroatoms. The Morgan fingerprint density at radius 2 is 2.15 bits per heavy atom. The molecule has 0 aliphatic rings. The van der Waals surface area contributed by atoms with E-state index in [0.29, 0.717) is 5.56 Å². The summed E-state index contributed by atoms with van der Waals surface area (Å²) in [4.78, 5) is 12.4. The largest absolute Gasteiger partial charge is 0.294 e. The average Bonchev–Trinajstić information content (AvgIpc) is 2.86. The van der Waals surface area contributed by atoms with Crippen LogP contribution in [0.25, 0.3) is 5.52 Å². The molecule has 0 amide bonds. The van der Waals surface area contributed by atoms with E-state index in [4.69, 9.17) is 0 Å². The van der Waals surface area contributed by atoms with Gasteiger partial charge in [0.1, 0.15) is 5.82 Å². The van der Waals surface area contributed by atoms with Crippen molar-refractivity contribution in [1.29, 1.82) is 0 Å². The molecule has 0 aliphatic heterocycles. The van der Waals surface area contributed by atoms with Crippen molar-refractivity contribution >= 4 is 11.3 Å². The van der Waals surface area contributed by atoms with Crippen LogP contribution < -0.4 is 0 Å². The molecule has 0 atom stereocenters. The van der Waals surface area contributed by atoms with Crippen LogP contribution in [0, 0.1) is 12.7 Å². The number of rotatable bonds is 3. The Balaban J connectivity index is 1.93. The van der Waals surface area contributed by atoms with E-state index in [1.807, 2.05) is 25.1 Å². The van der Waals surface area contributed by atoms with Crippen molar-refractivity contribution in [3.63, 3.8) is 0 Å². The highest BCUT2D eigenvalue weighted by Gasteiger charge is 2.14. The topological polar surface area (TPSA) is 34.4 Å². The van der Waals surface area contributed by atoms with Gasteiger partial charge in [0, 0.05) is 12.6 Å². The van der Waals surface area contributed by atoms with Crippen LogP contribution in [0.5, 0.6) is 0 Å². The van der Waals surface area contributed by atoms with Crippen molar-refractivity contribution in [2.45, 2.75) is 13.3 Å². The highest BCUT2D eigenvalue weighted by Crippen LogP contribution is 2.16. The summed E-state index contributed by atoms with van der Waals surface area (Å²) < 4.78 is 14.7. The van der Waals surface area contributed by atoms with E-state index in [2.05, 4.69) is 5.10 Å². The Kier molecular flexibility index (Phi) is 3.06. The number of carbonyl (C=O) groups is 1. The molecule has 3 aromatic rings. The quantitative estimate of drug-likeness (QED) is 0.684. The summed E-state index contributed by atoms with van der Waals surface area (Å²) in [5.74, 6) is -0.296. The summed E-state index contributed by atoms with van der Waals surface area (Å²) in [5.41, 5.74) is 3.01. The third-order valence-corrected chi connectivity index (χ3v) is 3.38. The zero-order valence-corrected chi connectivity index (χ0v) is 11.0. The number of halogens is 1. The average molecular weight is 268 g/mol. The first-order valence-electron chi connectivity index (χ1n) is 6.36. The number of benzene rings is 1. The number of pyridine rings is 1. The maximum Gasteiger partial charge on any atom is 0.171 e. The van der Waals surface area contributed by atoms with Gasteiger partial charge in [-0.3, -0.25) is 4.79 Å². The second kappa shape index (κ2) is 4.89. The van der Waals surface area contributed by atoms with Gasteiger partial charge in [0.25, 0.3) is 0 Å². The van der Waals surface area contributed by atoms with Crippen molar-refractivity contribution < 1.29 is 9.18 Å². The summed E-state index contributed by atoms with van der Waals surface area (Å²) >= 11 is 0. The van der Waals surface area contributed by atoms with Crippen LogP contribution in [-0.4, -0.2) is 15.4 Å². The van der Waals surface area contributed by atoms with Gasteiger partial charge in [0.05, 0.1) is 17.3 Å². The lowest BCUT2D eigenvalue weighted by Gasteiger charge is -2.04. The molecular formula is C16H13FN2O. The molecule has 100 valence electrons. The van der Waals surface area contributed by atoms with Gasteiger partial charge in [-0.1, -0.05) is 12.1 Å². The lowest BCUT2D eigenvalue weighted by molar-refractivity contribution is 0.0994. The van der Waals surface area contributed by atoms with Gasteiger partial charge in [0.2, 0.25) is 0 Å². The minimum absolute atomic E-state index is 0.0130. The molecule has 0 radical (unpaired) electrons. The molecule has 0 unspecified atom stereocenters. The molecule has 0 spiro atoms. The van der Waals surface area contributed by atoms with E-state index in [9.17, 15) is 9.18 Å². The van der Waals surface area contributed by atoms with E-state index in [0.717, 1.165) is 16.6 Å². The first-order chi connectivity index (χ1) is 9.65. The number of hydrogen-bond donors (Lipinski definition) is 0. The second-order valence-electron chi connectivity index (χ2n) is 4.76. The van der Waals surface area contributed by atoms with Crippen LogP contribution >= 0.6 is 0 Å². The Bertz CT molecular complexity index is 792. The van der Waals surface area contributed by atoms with E-state index in [-0.39, 0.29) is 18.0 Å². The van der Waals surface area contributed by atoms with Crippen LogP contribution in [0.1, 0.15) is 21.5 Å². The fraction of sp³-hybridized carbons (Fsp3) is 0.125. The van der Waals surface area contributed by atoms with Crippen LogP contribution in [0.15, 0.2) is 48.8 Å². The van der Waals surface area contributed by atoms with Gasteiger partial charge < -0.3 is 0 Å². The molecule has 3 rings (SSSR count). The van der Waals surface area contributed by atoms with Gasteiger partial charge in [-0.25, -0.2) is 8.91 Å². The Labute approximate surface area is 115 Å². The highest BCUT2D eigenvalue weighted by molar-refractivity contribution is 6.03. The van der Waals surface area contributed by atoms with Crippen molar-refractivity contribution in [3.8, 4) is 0 Å². The predicted molar refractivity (Wildman–Crippen MR) is 74.4 cm³/mol. The molecule has 0 saturated carbocycles. The lowest BCUT2D eigenvalue weighted by Crippen LogP contribution is -2.04. The smallest absolute Gasteiger partial charge is 0.171 e. The number of ketones is 1. The van der Waals surface area contributed by atoms with Crippen LogP contribution in [0.4, 0.5) is 4.39 Å². The number of fused-ring (bicyclic) bond motifs is 1. The Morgan fingerprint density at radius 3 is 2.95 bits per heavy atom. The molecule has 3 nitrogen and oxygen atoms in total. The van der Waals surface area contributed by atoms with Gasteiger partial charge in [-0.05, 0) is 42.3 Å². The van der Waals surface area contributed by atoms with Gasteiger partial charge in [-0.15, -0.1) is 0 Å². The number of Topliss-reactive ketones (excluding diaryl/α,β-unsaturated/α-hetero) is 1. The molecule has 0 saturated heterocycles. The first-order valence-corrected chi connectivity index (χ1v) is 6.36. The number of carbonyl (C=O) groups excluding carboxylic acids is 1. The first kappa shape index (κ1) is 12.5. The molecule has 0 aliphatic carbocycles. The van der Waals surface area contributed by atoms with Crippen molar-refractivity contribution in [2.24, 2.45) is 0 Å². The van der Waals surface area contributed by atoms with E-state index in [1.165, 1.54) is 12.1 Å². The fourth-order valence-electron chi connectivity index (χ4n) is 2.28. The molecule has 0 N–H and O–H groups in total. The SMILES string of the molecule is Cc1cc(F)ccc1CC(=O)c1cnn2ccccc12. The van der Waals surface area contributed by atoms with Gasteiger partial charge >= 0.3 is 0 Å². The van der Waals surface area contributed by atoms with Gasteiger partial charge in [-0.2, -0.15) is 5.10 Å². The standard InChI is InChI=1S/C16H13FN2O/c1-11-8-13(17)6-5-12(11)9-16(20)14-10-18-19-7-3-2-4-15(14)19/h2-8,10H,9H2,1H3. The molecule has 0 fully saturated rings. The summed E-state index contributed by atoms with van der Waals surface area (Å²) in [6, 6.07) is 10.1. The van der Waals surface area contributed by atoms with Crippen molar-refractivity contribution in [2.75, 3.05) is 0 Å². The van der Waals surface area contributed by atoms with E-state index >= 15 is 0 Å². The summed E-state index contributed by atoms with van der Waals surface area (Å²) in [6.07, 6.45) is 3.63.